The molecule has 2 heterocycles. The Bertz CT molecular complexity index is 710. The highest BCUT2D eigenvalue weighted by atomic mass is 31.2. The largest absolute Gasteiger partial charge is 0.352 e. The smallest absolute Gasteiger partial charge is 0.330 e. The van der Waals surface area contributed by atoms with Crippen LogP contribution in [-0.4, -0.2) is 35.0 Å². The minimum Gasteiger partial charge on any atom is -0.352 e. The van der Waals surface area contributed by atoms with Crippen molar-refractivity contribution in [2.45, 2.75) is 51.5 Å². The number of rotatable bonds is 7. The summed E-state index contributed by atoms with van der Waals surface area (Å²) in [6.45, 7) is 5.80. The summed E-state index contributed by atoms with van der Waals surface area (Å²) < 4.78 is 18.7. The van der Waals surface area contributed by atoms with Crippen molar-refractivity contribution in [1.82, 2.24) is 9.55 Å². The molecule has 1 N–H and O–H groups in total. The first-order valence-corrected chi connectivity index (χ1v) is 9.46. The Morgan fingerprint density at radius 3 is 2.96 bits per heavy atom. The average molecular weight is 355 g/mol. The normalized spacial score (nSPS) is 24.7. The Morgan fingerprint density at radius 1 is 1.54 bits per heavy atom. The average Bonchev–Trinajstić information content (AvgIpc) is 2.93. The van der Waals surface area contributed by atoms with E-state index in [0.29, 0.717) is 25.0 Å². The first-order chi connectivity index (χ1) is 11.5. The summed E-state index contributed by atoms with van der Waals surface area (Å²) in [7, 11) is -1.12. The molecule has 24 heavy (non-hydrogen) atoms. The molecular weight excluding hydrogens is 333 g/mol. The van der Waals surface area contributed by atoms with Gasteiger partial charge in [0.15, 0.2) is 8.38 Å². The Balaban J connectivity index is 2.06. The zero-order valence-electron chi connectivity index (χ0n) is 14.0. The van der Waals surface area contributed by atoms with Gasteiger partial charge in [-0.25, -0.2) is 4.79 Å². The van der Waals surface area contributed by atoms with E-state index in [-0.39, 0.29) is 12.2 Å². The third kappa shape index (κ3) is 4.52. The predicted octanol–water partition coefficient (Wildman–Crippen LogP) is 1.80. The van der Waals surface area contributed by atoms with Crippen molar-refractivity contribution in [1.29, 1.82) is 5.26 Å². The fourth-order valence-electron chi connectivity index (χ4n) is 2.59. The van der Waals surface area contributed by atoms with Gasteiger partial charge in [0.25, 0.3) is 5.56 Å². The highest BCUT2D eigenvalue weighted by Crippen LogP contribution is 2.42. The van der Waals surface area contributed by atoms with Gasteiger partial charge >= 0.3 is 5.69 Å². The monoisotopic (exact) mass is 355 g/mol. The van der Waals surface area contributed by atoms with Gasteiger partial charge in [-0.15, -0.1) is 0 Å². The molecule has 0 aromatic carbocycles. The lowest BCUT2D eigenvalue weighted by Crippen LogP contribution is -2.33. The van der Waals surface area contributed by atoms with Crippen molar-refractivity contribution >= 4 is 8.38 Å². The van der Waals surface area contributed by atoms with Crippen LogP contribution in [0.25, 0.3) is 0 Å². The molecule has 1 aromatic rings. The van der Waals surface area contributed by atoms with Gasteiger partial charge < -0.3 is 13.8 Å². The van der Waals surface area contributed by atoms with Crippen LogP contribution in [0, 0.1) is 18.3 Å². The van der Waals surface area contributed by atoms with Gasteiger partial charge in [-0.1, -0.05) is 6.92 Å². The quantitative estimate of drug-likeness (QED) is 0.590. The lowest BCUT2D eigenvalue weighted by atomic mass is 10.1. The molecule has 1 fully saturated rings. The molecular formula is C15H22N3O5P. The van der Waals surface area contributed by atoms with E-state index in [1.54, 1.807) is 6.92 Å². The molecule has 0 spiro atoms. The molecule has 132 valence electrons. The van der Waals surface area contributed by atoms with Gasteiger partial charge in [0.1, 0.15) is 6.23 Å². The second-order valence-electron chi connectivity index (χ2n) is 5.58. The van der Waals surface area contributed by atoms with Crippen molar-refractivity contribution in [3.63, 3.8) is 0 Å². The summed E-state index contributed by atoms with van der Waals surface area (Å²) >= 11 is 0. The zero-order chi connectivity index (χ0) is 17.7. The van der Waals surface area contributed by atoms with Crippen molar-refractivity contribution < 1.29 is 13.8 Å². The molecule has 4 atom stereocenters. The summed E-state index contributed by atoms with van der Waals surface area (Å²) in [4.78, 5) is 25.8. The van der Waals surface area contributed by atoms with E-state index in [4.69, 9.17) is 19.0 Å². The number of aromatic nitrogens is 2. The number of hydrogen-bond acceptors (Lipinski definition) is 6. The summed E-state index contributed by atoms with van der Waals surface area (Å²) in [6, 6.07) is 2.02. The molecule has 0 radical (unpaired) electrons. The van der Waals surface area contributed by atoms with E-state index in [1.807, 2.05) is 19.7 Å². The fourth-order valence-corrected chi connectivity index (χ4v) is 3.60. The molecule has 1 aliphatic rings. The van der Waals surface area contributed by atoms with Crippen LogP contribution in [0.15, 0.2) is 15.8 Å². The van der Waals surface area contributed by atoms with Crippen LogP contribution in [0.1, 0.15) is 38.0 Å². The fraction of sp³-hybridized carbons (Fsp3) is 0.667. The first kappa shape index (κ1) is 18.8. The maximum Gasteiger partial charge on any atom is 0.330 e. The maximum atomic E-state index is 12.0. The predicted molar refractivity (Wildman–Crippen MR) is 88.8 cm³/mol. The van der Waals surface area contributed by atoms with Gasteiger partial charge in [0, 0.05) is 24.8 Å². The van der Waals surface area contributed by atoms with Gasteiger partial charge in [-0.2, -0.15) is 5.26 Å². The lowest BCUT2D eigenvalue weighted by molar-refractivity contribution is -0.0182. The molecule has 1 saturated heterocycles. The van der Waals surface area contributed by atoms with E-state index in [1.165, 1.54) is 10.8 Å². The van der Waals surface area contributed by atoms with Crippen LogP contribution in [0.3, 0.4) is 0 Å². The molecule has 0 aliphatic carbocycles. The van der Waals surface area contributed by atoms with Crippen LogP contribution in [0.4, 0.5) is 0 Å². The molecule has 8 nitrogen and oxygen atoms in total. The van der Waals surface area contributed by atoms with Crippen LogP contribution in [-0.2, 0) is 13.8 Å². The third-order valence-electron chi connectivity index (χ3n) is 3.81. The van der Waals surface area contributed by atoms with E-state index in [9.17, 15) is 9.59 Å². The summed E-state index contributed by atoms with van der Waals surface area (Å²) in [6.07, 6.45) is 2.24. The van der Waals surface area contributed by atoms with Gasteiger partial charge in [0.05, 0.1) is 31.3 Å². The Hall–Kier alpha value is -1.52. The second kappa shape index (κ2) is 8.54. The molecule has 9 heteroatoms. The number of nitriles is 1. The summed E-state index contributed by atoms with van der Waals surface area (Å²) in [5.74, 6) is 0. The minimum atomic E-state index is -1.12. The van der Waals surface area contributed by atoms with E-state index >= 15 is 0 Å². The molecule has 1 aromatic heterocycles. The van der Waals surface area contributed by atoms with Crippen molar-refractivity contribution in [3.8, 4) is 6.07 Å². The van der Waals surface area contributed by atoms with Crippen LogP contribution < -0.4 is 11.2 Å². The molecule has 0 saturated carbocycles. The lowest BCUT2D eigenvalue weighted by Gasteiger charge is -2.20. The van der Waals surface area contributed by atoms with E-state index < -0.39 is 25.9 Å². The SMILES string of the molecule is CC[C@H]1O[C@@H](n2cc(C)c(=O)[nH]c2=O)CC1OP(C)OCCC#N. The summed E-state index contributed by atoms with van der Waals surface area (Å²) in [5.41, 5.74) is -0.430. The van der Waals surface area contributed by atoms with Crippen LogP contribution >= 0.6 is 8.38 Å². The van der Waals surface area contributed by atoms with Crippen molar-refractivity contribution in [3.05, 3.63) is 32.6 Å². The van der Waals surface area contributed by atoms with Crippen LogP contribution in [0.5, 0.6) is 0 Å². The topological polar surface area (TPSA) is 106 Å². The molecule has 2 rings (SSSR count). The zero-order valence-corrected chi connectivity index (χ0v) is 14.9. The number of aromatic amines is 1. The molecule has 0 bridgehead atoms. The van der Waals surface area contributed by atoms with Crippen LogP contribution in [0.2, 0.25) is 0 Å². The second-order valence-corrected chi connectivity index (χ2v) is 6.93. The number of H-pyrrole nitrogens is 1. The van der Waals surface area contributed by atoms with E-state index in [2.05, 4.69) is 4.98 Å². The standard InChI is InChI=1S/C15H22N3O5P/c1-4-11-12(23-24(3)21-7-5-6-16)8-13(22-11)18-9-10(2)14(19)17-15(18)20/h9,11-13H,4-5,7-8H2,1-3H3,(H,17,19,20)/t11-,12?,13-,24?/m1/s1. The summed E-state index contributed by atoms with van der Waals surface area (Å²) in [5, 5.41) is 8.53. The highest BCUT2D eigenvalue weighted by molar-refractivity contribution is 7.46. The molecule has 0 amide bonds. The Kier molecular flexibility index (Phi) is 6.69. The third-order valence-corrected chi connectivity index (χ3v) is 4.92. The Morgan fingerprint density at radius 2 is 2.29 bits per heavy atom. The number of aryl methyl sites for hydroxylation is 1. The number of hydrogen-bond donors (Lipinski definition) is 1. The minimum absolute atomic E-state index is 0.154. The van der Waals surface area contributed by atoms with Gasteiger partial charge in [0.2, 0.25) is 0 Å². The van der Waals surface area contributed by atoms with Gasteiger partial charge in [-0.05, 0) is 13.3 Å². The van der Waals surface area contributed by atoms with E-state index in [0.717, 1.165) is 6.42 Å². The molecule has 1 aliphatic heterocycles. The van der Waals surface area contributed by atoms with Crippen molar-refractivity contribution in [2.75, 3.05) is 13.3 Å². The number of nitrogens with zero attached hydrogens (tertiary/aromatic N) is 2. The Labute approximate surface area is 141 Å². The highest BCUT2D eigenvalue weighted by Gasteiger charge is 2.37. The number of nitrogens with one attached hydrogen (secondary N) is 1. The first-order valence-electron chi connectivity index (χ1n) is 7.84. The molecule has 2 unspecified atom stereocenters. The number of ether oxygens (including phenoxy) is 1. The maximum absolute atomic E-state index is 12.0. The van der Waals surface area contributed by atoms with Gasteiger partial charge in [-0.3, -0.25) is 14.3 Å². The van der Waals surface area contributed by atoms with Crippen molar-refractivity contribution in [2.24, 2.45) is 0 Å².